The molecule has 8 heteroatoms. The summed E-state index contributed by atoms with van der Waals surface area (Å²) in [4.78, 5) is 24.5. The molecule has 29 heavy (non-hydrogen) atoms. The van der Waals surface area contributed by atoms with E-state index in [1.54, 1.807) is 35.1 Å². The first-order chi connectivity index (χ1) is 14.1. The van der Waals surface area contributed by atoms with E-state index in [9.17, 15) is 9.59 Å². The molecule has 0 aliphatic carbocycles. The van der Waals surface area contributed by atoms with E-state index in [0.717, 1.165) is 5.69 Å². The topological polar surface area (TPSA) is 82.5 Å². The summed E-state index contributed by atoms with van der Waals surface area (Å²) in [5.74, 6) is -1.04. The van der Waals surface area contributed by atoms with E-state index in [1.165, 1.54) is 7.11 Å². The molecule has 2 aromatic carbocycles. The minimum absolute atomic E-state index is 0.251. The monoisotopic (exact) mass is 413 g/mol. The van der Waals surface area contributed by atoms with Crippen molar-refractivity contribution in [1.29, 1.82) is 0 Å². The maximum atomic E-state index is 12.7. The fourth-order valence-electron chi connectivity index (χ4n) is 2.61. The Morgan fingerprint density at radius 3 is 2.52 bits per heavy atom. The van der Waals surface area contributed by atoms with E-state index in [4.69, 9.17) is 21.1 Å². The maximum absolute atomic E-state index is 12.7. The van der Waals surface area contributed by atoms with Gasteiger partial charge in [-0.25, -0.2) is 9.48 Å². The van der Waals surface area contributed by atoms with Crippen LogP contribution in [0.3, 0.4) is 0 Å². The van der Waals surface area contributed by atoms with Crippen LogP contribution in [0.25, 0.3) is 16.9 Å². The van der Waals surface area contributed by atoms with Crippen LogP contribution in [0.15, 0.2) is 60.8 Å². The van der Waals surface area contributed by atoms with Gasteiger partial charge in [-0.2, -0.15) is 5.10 Å². The number of methoxy groups -OCH3 is 1. The van der Waals surface area contributed by atoms with Crippen LogP contribution in [-0.2, 0) is 14.3 Å². The molecule has 0 saturated heterocycles. The summed E-state index contributed by atoms with van der Waals surface area (Å²) in [6.45, 7) is 0.332. The molecule has 0 aliphatic rings. The van der Waals surface area contributed by atoms with Crippen LogP contribution in [0, 0.1) is 0 Å². The maximum Gasteiger partial charge on any atom is 0.342 e. The van der Waals surface area contributed by atoms with Crippen molar-refractivity contribution in [3.63, 3.8) is 0 Å². The Kier molecular flexibility index (Phi) is 6.99. The number of hydrogen-bond acceptors (Lipinski definition) is 5. The molecule has 3 rings (SSSR count). The first-order valence-corrected chi connectivity index (χ1v) is 9.30. The Hall–Kier alpha value is -3.16. The molecule has 1 aromatic heterocycles. The van der Waals surface area contributed by atoms with Crippen molar-refractivity contribution in [2.75, 3.05) is 26.9 Å². The number of amides is 1. The molecule has 7 nitrogen and oxygen atoms in total. The number of ether oxygens (including phenoxy) is 2. The third-order valence-electron chi connectivity index (χ3n) is 4.04. The molecular formula is C21H20ClN3O4. The molecule has 0 fully saturated rings. The average Bonchev–Trinajstić information content (AvgIpc) is 3.19. The molecule has 0 radical (unpaired) electrons. The third kappa shape index (κ3) is 5.43. The number of para-hydroxylation sites is 1. The zero-order valence-electron chi connectivity index (χ0n) is 15.8. The van der Waals surface area contributed by atoms with Gasteiger partial charge in [0.25, 0.3) is 5.91 Å². The van der Waals surface area contributed by atoms with E-state index in [-0.39, 0.29) is 12.2 Å². The number of esters is 1. The van der Waals surface area contributed by atoms with E-state index in [0.29, 0.717) is 29.4 Å². The van der Waals surface area contributed by atoms with Crippen molar-refractivity contribution >= 4 is 23.5 Å². The highest BCUT2D eigenvalue weighted by atomic mass is 35.5. The summed E-state index contributed by atoms with van der Waals surface area (Å²) >= 11 is 5.97. The molecule has 0 bridgehead atoms. The number of nitrogens with one attached hydrogen (secondary N) is 1. The Morgan fingerprint density at radius 2 is 1.83 bits per heavy atom. The van der Waals surface area contributed by atoms with Crippen molar-refractivity contribution in [2.45, 2.75) is 0 Å². The fourth-order valence-corrected chi connectivity index (χ4v) is 2.74. The molecule has 0 unspecified atom stereocenters. The van der Waals surface area contributed by atoms with E-state index in [2.05, 4.69) is 10.4 Å². The number of benzene rings is 2. The van der Waals surface area contributed by atoms with Gasteiger partial charge < -0.3 is 14.8 Å². The Labute approximate surface area is 173 Å². The zero-order valence-corrected chi connectivity index (χ0v) is 16.6. The summed E-state index contributed by atoms with van der Waals surface area (Å²) in [7, 11) is 1.54. The minimum atomic E-state index is -0.640. The lowest BCUT2D eigenvalue weighted by atomic mass is 10.1. The Bertz CT molecular complexity index is 971. The Balaban J connectivity index is 1.83. The number of hydrogen-bond donors (Lipinski definition) is 1. The van der Waals surface area contributed by atoms with Crippen LogP contribution >= 0.6 is 11.6 Å². The molecule has 3 aromatic rings. The zero-order chi connectivity index (χ0) is 20.6. The molecular weight excluding hydrogens is 394 g/mol. The molecule has 0 aliphatic heterocycles. The highest BCUT2D eigenvalue weighted by molar-refractivity contribution is 6.30. The average molecular weight is 414 g/mol. The molecule has 1 heterocycles. The van der Waals surface area contributed by atoms with Gasteiger partial charge in [-0.1, -0.05) is 41.9 Å². The highest BCUT2D eigenvalue weighted by Crippen LogP contribution is 2.26. The van der Waals surface area contributed by atoms with Crippen LogP contribution in [0.2, 0.25) is 5.02 Å². The second-order valence-electron chi connectivity index (χ2n) is 6.10. The standard InChI is InChI=1S/C21H20ClN3O4/c1-28-12-11-23-19(26)14-29-21(27)18-13-25(17-5-3-2-4-6-17)24-20(18)15-7-9-16(22)10-8-15/h2-10,13H,11-12,14H2,1H3,(H,23,26). The SMILES string of the molecule is COCCNC(=O)COC(=O)c1cn(-c2ccccc2)nc1-c1ccc(Cl)cc1. The van der Waals surface area contributed by atoms with E-state index >= 15 is 0 Å². The van der Waals surface area contributed by atoms with Gasteiger partial charge in [0.2, 0.25) is 0 Å². The molecule has 1 amide bonds. The fraction of sp³-hybridized carbons (Fsp3) is 0.190. The Morgan fingerprint density at radius 1 is 1.10 bits per heavy atom. The first kappa shape index (κ1) is 20.6. The summed E-state index contributed by atoms with van der Waals surface area (Å²) in [6.07, 6.45) is 1.59. The smallest absolute Gasteiger partial charge is 0.342 e. The van der Waals surface area contributed by atoms with Crippen LogP contribution in [0.4, 0.5) is 0 Å². The minimum Gasteiger partial charge on any atom is -0.452 e. The number of carbonyl (C=O) groups excluding carboxylic acids is 2. The van der Waals surface area contributed by atoms with Crippen LogP contribution in [-0.4, -0.2) is 48.5 Å². The predicted molar refractivity (Wildman–Crippen MR) is 109 cm³/mol. The van der Waals surface area contributed by atoms with Gasteiger partial charge >= 0.3 is 5.97 Å². The summed E-state index contributed by atoms with van der Waals surface area (Å²) in [5, 5.41) is 7.72. The van der Waals surface area contributed by atoms with Gasteiger partial charge in [-0.05, 0) is 24.3 Å². The lowest BCUT2D eigenvalue weighted by molar-refractivity contribution is -0.124. The van der Waals surface area contributed by atoms with Crippen molar-refractivity contribution in [3.8, 4) is 16.9 Å². The molecule has 0 saturated carbocycles. The molecule has 0 atom stereocenters. The molecule has 1 N–H and O–H groups in total. The second kappa shape index (κ2) is 9.86. The summed E-state index contributed by atoms with van der Waals surface area (Å²) in [5.41, 5.74) is 2.19. The van der Waals surface area contributed by atoms with Gasteiger partial charge in [0, 0.05) is 30.4 Å². The lowest BCUT2D eigenvalue weighted by Crippen LogP contribution is -2.31. The predicted octanol–water partition coefficient (Wildman–Crippen LogP) is 3.11. The second-order valence-corrected chi connectivity index (χ2v) is 6.53. The number of halogens is 1. The number of aromatic nitrogens is 2. The molecule has 0 spiro atoms. The number of nitrogens with zero attached hydrogens (tertiary/aromatic N) is 2. The summed E-state index contributed by atoms with van der Waals surface area (Å²) < 4.78 is 11.6. The lowest BCUT2D eigenvalue weighted by Gasteiger charge is -2.06. The third-order valence-corrected chi connectivity index (χ3v) is 4.29. The van der Waals surface area contributed by atoms with Crippen LogP contribution in [0.1, 0.15) is 10.4 Å². The van der Waals surface area contributed by atoms with Crippen molar-refractivity contribution in [2.24, 2.45) is 0 Å². The first-order valence-electron chi connectivity index (χ1n) is 8.92. The van der Waals surface area contributed by atoms with Gasteiger partial charge in [0.15, 0.2) is 6.61 Å². The normalized spacial score (nSPS) is 10.6. The largest absolute Gasteiger partial charge is 0.452 e. The van der Waals surface area contributed by atoms with Gasteiger partial charge in [0.1, 0.15) is 11.3 Å². The quantitative estimate of drug-likeness (QED) is 0.453. The van der Waals surface area contributed by atoms with Crippen molar-refractivity contribution in [1.82, 2.24) is 15.1 Å². The van der Waals surface area contributed by atoms with Crippen LogP contribution < -0.4 is 5.32 Å². The van der Waals surface area contributed by atoms with Gasteiger partial charge in [-0.15, -0.1) is 0 Å². The van der Waals surface area contributed by atoms with Crippen LogP contribution in [0.5, 0.6) is 0 Å². The summed E-state index contributed by atoms with van der Waals surface area (Å²) in [6, 6.07) is 16.4. The number of carbonyl (C=O) groups is 2. The van der Waals surface area contributed by atoms with E-state index in [1.807, 2.05) is 30.3 Å². The van der Waals surface area contributed by atoms with Crippen molar-refractivity contribution < 1.29 is 19.1 Å². The van der Waals surface area contributed by atoms with Gasteiger partial charge in [-0.3, -0.25) is 4.79 Å². The van der Waals surface area contributed by atoms with Gasteiger partial charge in [0.05, 0.1) is 12.3 Å². The number of rotatable bonds is 8. The van der Waals surface area contributed by atoms with E-state index < -0.39 is 11.9 Å². The molecule has 150 valence electrons. The highest BCUT2D eigenvalue weighted by Gasteiger charge is 2.21. The van der Waals surface area contributed by atoms with Crippen molar-refractivity contribution in [3.05, 3.63) is 71.4 Å².